The van der Waals surface area contributed by atoms with E-state index in [2.05, 4.69) is 5.92 Å². The first-order valence-electron chi connectivity index (χ1n) is 6.68. The molecule has 0 bridgehead atoms. The maximum Gasteiger partial charge on any atom is 0.475 e. The van der Waals surface area contributed by atoms with Crippen LogP contribution in [0.3, 0.4) is 0 Å². The molecule has 0 amide bonds. The molecule has 0 N–H and O–H groups in total. The minimum atomic E-state index is -3.50. The first-order chi connectivity index (χ1) is 8.65. The molecular weight excluding hydrogens is 251 g/mol. The van der Waals surface area contributed by atoms with Crippen molar-refractivity contribution in [3.8, 4) is 12.3 Å². The van der Waals surface area contributed by atoms with Crippen molar-refractivity contribution in [2.24, 2.45) is 5.92 Å². The molecular formula is C13H23O4P. The predicted octanol–water partition coefficient (Wildman–Crippen LogP) is 3.77. The van der Waals surface area contributed by atoms with Crippen LogP contribution in [0.15, 0.2) is 0 Å². The molecule has 1 aliphatic carbocycles. The second-order valence-corrected chi connectivity index (χ2v) is 6.00. The molecule has 4 nitrogen and oxygen atoms in total. The first kappa shape index (κ1) is 15.7. The van der Waals surface area contributed by atoms with Crippen LogP contribution in [-0.2, 0) is 18.1 Å². The summed E-state index contributed by atoms with van der Waals surface area (Å²) >= 11 is 0. The summed E-state index contributed by atoms with van der Waals surface area (Å²) in [5.41, 5.74) is 0. The van der Waals surface area contributed by atoms with E-state index >= 15 is 0 Å². The Labute approximate surface area is 110 Å². The van der Waals surface area contributed by atoms with Gasteiger partial charge in [-0.25, -0.2) is 4.57 Å². The van der Waals surface area contributed by atoms with Gasteiger partial charge in [-0.2, -0.15) is 0 Å². The second kappa shape index (κ2) is 7.96. The van der Waals surface area contributed by atoms with Gasteiger partial charge in [-0.15, -0.1) is 6.42 Å². The van der Waals surface area contributed by atoms with Crippen LogP contribution in [0.2, 0.25) is 0 Å². The summed E-state index contributed by atoms with van der Waals surface area (Å²) in [5, 5.41) is 0. The van der Waals surface area contributed by atoms with E-state index in [1.54, 1.807) is 13.8 Å². The van der Waals surface area contributed by atoms with Gasteiger partial charge in [-0.05, 0) is 32.6 Å². The Bertz CT molecular complexity index is 307. The number of phosphoric ester groups is 1. The zero-order valence-electron chi connectivity index (χ0n) is 11.3. The van der Waals surface area contributed by atoms with Gasteiger partial charge in [-0.3, -0.25) is 13.6 Å². The minimum absolute atomic E-state index is 0.262. The lowest BCUT2D eigenvalue weighted by atomic mass is 9.85. The molecule has 0 spiro atoms. The number of hydrogen-bond donors (Lipinski definition) is 0. The highest BCUT2D eigenvalue weighted by Crippen LogP contribution is 2.51. The summed E-state index contributed by atoms with van der Waals surface area (Å²) in [6.45, 7) is 4.06. The van der Waals surface area contributed by atoms with Crippen LogP contribution in [0.4, 0.5) is 0 Å². The molecule has 0 aromatic heterocycles. The van der Waals surface area contributed by atoms with E-state index in [1.165, 1.54) is 6.42 Å². The number of terminal acetylenes is 1. The highest BCUT2D eigenvalue weighted by atomic mass is 31.2. The van der Waals surface area contributed by atoms with Crippen LogP contribution >= 0.6 is 7.82 Å². The average molecular weight is 274 g/mol. The van der Waals surface area contributed by atoms with Gasteiger partial charge in [0.1, 0.15) is 6.10 Å². The van der Waals surface area contributed by atoms with E-state index in [1.807, 2.05) is 0 Å². The van der Waals surface area contributed by atoms with Gasteiger partial charge < -0.3 is 0 Å². The van der Waals surface area contributed by atoms with Crippen LogP contribution < -0.4 is 0 Å². The standard InChI is InChI=1S/C13H23O4P/c1-4-13(12-10-8-7-9-11-12)17-18(14,15-5-2)16-6-3/h1,12-13H,5-11H2,2-3H3. The number of hydrogen-bond acceptors (Lipinski definition) is 4. The monoisotopic (exact) mass is 274 g/mol. The quantitative estimate of drug-likeness (QED) is 0.523. The smallest absolute Gasteiger partial charge is 0.287 e. The minimum Gasteiger partial charge on any atom is -0.287 e. The Balaban J connectivity index is 2.64. The van der Waals surface area contributed by atoms with E-state index in [0.29, 0.717) is 0 Å². The zero-order chi connectivity index (χ0) is 13.4. The normalized spacial score (nSPS) is 19.4. The van der Waals surface area contributed by atoms with Crippen LogP contribution in [0, 0.1) is 18.3 Å². The molecule has 0 aromatic rings. The maximum atomic E-state index is 12.3. The molecule has 1 unspecified atom stereocenters. The van der Waals surface area contributed by atoms with Gasteiger partial charge >= 0.3 is 7.82 Å². The Morgan fingerprint density at radius 3 is 2.22 bits per heavy atom. The summed E-state index contributed by atoms with van der Waals surface area (Å²) < 4.78 is 28.0. The Morgan fingerprint density at radius 1 is 1.22 bits per heavy atom. The van der Waals surface area contributed by atoms with Crippen molar-refractivity contribution in [1.29, 1.82) is 0 Å². The Hall–Kier alpha value is -0.330. The lowest BCUT2D eigenvalue weighted by Gasteiger charge is -2.28. The summed E-state index contributed by atoms with van der Waals surface area (Å²) in [4.78, 5) is 0. The summed E-state index contributed by atoms with van der Waals surface area (Å²) in [6.07, 6.45) is 10.6. The largest absolute Gasteiger partial charge is 0.475 e. The molecule has 5 heteroatoms. The highest BCUT2D eigenvalue weighted by molar-refractivity contribution is 7.48. The molecule has 1 atom stereocenters. The van der Waals surface area contributed by atoms with Crippen LogP contribution in [0.1, 0.15) is 46.0 Å². The number of phosphoric acid groups is 1. The molecule has 0 aromatic carbocycles. The molecule has 18 heavy (non-hydrogen) atoms. The summed E-state index contributed by atoms with van der Waals surface area (Å²) in [7, 11) is -3.50. The van der Waals surface area contributed by atoms with Crippen molar-refractivity contribution in [2.75, 3.05) is 13.2 Å². The fourth-order valence-corrected chi connectivity index (χ4v) is 3.58. The SMILES string of the molecule is C#CC(OP(=O)(OCC)OCC)C1CCCCC1. The topological polar surface area (TPSA) is 44.8 Å². The van der Waals surface area contributed by atoms with E-state index in [0.717, 1.165) is 25.7 Å². The van der Waals surface area contributed by atoms with Gasteiger partial charge in [-0.1, -0.05) is 25.2 Å². The van der Waals surface area contributed by atoms with Crippen LogP contribution in [0.5, 0.6) is 0 Å². The van der Waals surface area contributed by atoms with Crippen molar-refractivity contribution in [1.82, 2.24) is 0 Å². The number of rotatable bonds is 7. The molecule has 1 saturated carbocycles. The third-order valence-electron chi connectivity index (χ3n) is 3.06. The first-order valence-corrected chi connectivity index (χ1v) is 8.15. The van der Waals surface area contributed by atoms with E-state index in [-0.39, 0.29) is 19.1 Å². The molecule has 1 rings (SSSR count). The molecule has 1 aliphatic rings. The molecule has 0 radical (unpaired) electrons. The predicted molar refractivity (Wildman–Crippen MR) is 71.1 cm³/mol. The van der Waals surface area contributed by atoms with Crippen molar-refractivity contribution >= 4 is 7.82 Å². The molecule has 1 fully saturated rings. The molecule has 0 heterocycles. The Morgan fingerprint density at radius 2 is 1.78 bits per heavy atom. The fourth-order valence-electron chi connectivity index (χ4n) is 2.24. The molecule has 0 saturated heterocycles. The van der Waals surface area contributed by atoms with Gasteiger partial charge in [0, 0.05) is 0 Å². The molecule has 0 aliphatic heterocycles. The van der Waals surface area contributed by atoms with E-state index in [4.69, 9.17) is 20.0 Å². The van der Waals surface area contributed by atoms with Crippen molar-refractivity contribution < 1.29 is 18.1 Å². The van der Waals surface area contributed by atoms with Gasteiger partial charge in [0.15, 0.2) is 0 Å². The summed E-state index contributed by atoms with van der Waals surface area (Å²) in [5.74, 6) is 2.85. The molecule has 104 valence electrons. The van der Waals surface area contributed by atoms with Crippen molar-refractivity contribution in [3.05, 3.63) is 0 Å². The lowest BCUT2D eigenvalue weighted by molar-refractivity contribution is 0.0714. The van der Waals surface area contributed by atoms with Gasteiger partial charge in [0.25, 0.3) is 0 Å². The fraction of sp³-hybridized carbons (Fsp3) is 0.846. The third kappa shape index (κ3) is 4.74. The van der Waals surface area contributed by atoms with Gasteiger partial charge in [0.05, 0.1) is 13.2 Å². The zero-order valence-corrected chi connectivity index (χ0v) is 12.2. The maximum absolute atomic E-state index is 12.3. The highest BCUT2D eigenvalue weighted by Gasteiger charge is 2.33. The second-order valence-electron chi connectivity index (χ2n) is 4.37. The van der Waals surface area contributed by atoms with Crippen molar-refractivity contribution in [3.63, 3.8) is 0 Å². The van der Waals surface area contributed by atoms with Crippen LogP contribution in [0.25, 0.3) is 0 Å². The Kier molecular flexibility index (Phi) is 6.96. The van der Waals surface area contributed by atoms with Crippen molar-refractivity contribution in [2.45, 2.75) is 52.1 Å². The van der Waals surface area contributed by atoms with Gasteiger partial charge in [0.2, 0.25) is 0 Å². The third-order valence-corrected chi connectivity index (χ3v) is 4.69. The van der Waals surface area contributed by atoms with E-state index in [9.17, 15) is 4.57 Å². The van der Waals surface area contributed by atoms with E-state index < -0.39 is 13.9 Å². The lowest BCUT2D eigenvalue weighted by Crippen LogP contribution is -2.24. The summed E-state index contributed by atoms with van der Waals surface area (Å²) in [6, 6.07) is 0. The van der Waals surface area contributed by atoms with Crippen LogP contribution in [-0.4, -0.2) is 19.3 Å². The average Bonchev–Trinajstić information content (AvgIpc) is 2.38.